The van der Waals surface area contributed by atoms with Gasteiger partial charge >= 0.3 is 0 Å². The minimum atomic E-state index is -0.603. The summed E-state index contributed by atoms with van der Waals surface area (Å²) in [4.78, 5) is 5.07. The molecule has 0 amide bonds. The lowest BCUT2D eigenvalue weighted by atomic mass is 9.64. The van der Waals surface area contributed by atoms with E-state index in [9.17, 15) is 0 Å². The van der Waals surface area contributed by atoms with Crippen LogP contribution in [0.1, 0.15) is 50.1 Å². The van der Waals surface area contributed by atoms with Crippen molar-refractivity contribution in [1.82, 2.24) is 0 Å². The summed E-state index contributed by atoms with van der Waals surface area (Å²) in [5.41, 5.74) is 17.7. The van der Waals surface area contributed by atoms with Crippen LogP contribution in [-0.4, -0.2) is 0 Å². The standard InChI is InChI=1S/C63H45NS/c1-6-22-45(23-7-1)46-38-40-60-58(42-46)62(48-25-8-2-9-26-48,49-27-10-3-11-28-49)59-43-52(39-41-61(59)65-60)64(51-31-14-5-15-32-51)44-47-24-16-19-35-55(47)63(50-29-12-4-13-30-50)56-36-20-17-33-53(56)54-34-18-21-37-57(54)63/h1-43H,44H2. The molecule has 0 saturated carbocycles. The Kier molecular flexibility index (Phi) is 9.69. The van der Waals surface area contributed by atoms with Gasteiger partial charge < -0.3 is 4.90 Å². The van der Waals surface area contributed by atoms with Crippen molar-refractivity contribution in [3.8, 4) is 22.3 Å². The molecule has 0 aromatic heterocycles. The van der Waals surface area contributed by atoms with Crippen molar-refractivity contribution in [2.24, 2.45) is 0 Å². The van der Waals surface area contributed by atoms with Crippen LogP contribution in [0.3, 0.4) is 0 Å². The Bertz CT molecular complexity index is 3220. The summed E-state index contributed by atoms with van der Waals surface area (Å²) in [5.74, 6) is 0. The predicted octanol–water partition coefficient (Wildman–Crippen LogP) is 15.9. The van der Waals surface area contributed by atoms with Crippen LogP contribution in [0.4, 0.5) is 11.4 Å². The smallest absolute Gasteiger partial charge is 0.0724 e. The topological polar surface area (TPSA) is 3.24 Å². The fourth-order valence-corrected chi connectivity index (χ4v) is 12.2. The molecule has 0 bridgehead atoms. The maximum atomic E-state index is 2.53. The van der Waals surface area contributed by atoms with Gasteiger partial charge in [-0.25, -0.2) is 0 Å². The normalized spacial score (nSPS) is 13.8. The van der Waals surface area contributed by atoms with Gasteiger partial charge in [-0.3, -0.25) is 0 Å². The van der Waals surface area contributed by atoms with Crippen LogP contribution in [0.25, 0.3) is 22.3 Å². The highest BCUT2D eigenvalue weighted by Crippen LogP contribution is 2.59. The van der Waals surface area contributed by atoms with Gasteiger partial charge in [0, 0.05) is 27.7 Å². The van der Waals surface area contributed by atoms with Crippen LogP contribution in [0, 0.1) is 0 Å². The van der Waals surface area contributed by atoms with E-state index in [2.05, 4.69) is 266 Å². The van der Waals surface area contributed by atoms with Gasteiger partial charge in [-0.15, -0.1) is 0 Å². The van der Waals surface area contributed by atoms with E-state index in [0.717, 1.165) is 11.4 Å². The molecule has 1 aliphatic heterocycles. The highest BCUT2D eigenvalue weighted by atomic mass is 32.2. The second-order valence-corrected chi connectivity index (χ2v) is 18.2. The molecule has 0 N–H and O–H groups in total. The number of rotatable bonds is 9. The molecule has 10 aromatic carbocycles. The van der Waals surface area contributed by atoms with E-state index in [1.165, 1.54) is 82.1 Å². The highest BCUT2D eigenvalue weighted by molar-refractivity contribution is 7.99. The molecule has 0 saturated heterocycles. The van der Waals surface area contributed by atoms with Crippen molar-refractivity contribution in [2.75, 3.05) is 4.90 Å². The molecule has 1 nitrogen and oxygen atoms in total. The fourth-order valence-electron chi connectivity index (χ4n) is 11.0. The first kappa shape index (κ1) is 39.0. The monoisotopic (exact) mass is 847 g/mol. The molecule has 2 aliphatic rings. The van der Waals surface area contributed by atoms with Gasteiger partial charge in [-0.1, -0.05) is 230 Å². The largest absolute Gasteiger partial charge is 0.337 e. The highest BCUT2D eigenvalue weighted by Gasteiger charge is 2.48. The van der Waals surface area contributed by atoms with Crippen LogP contribution in [0.2, 0.25) is 0 Å². The Morgan fingerprint density at radius 3 is 1.34 bits per heavy atom. The SMILES string of the molecule is c1ccc(-c2ccc3c(c2)C(c2ccccc2)(c2ccccc2)c2cc(N(Cc4ccccc4C4(c5ccccc5)c5ccccc5-c5ccccc54)c4ccccc4)ccc2S3)cc1. The maximum Gasteiger partial charge on any atom is 0.0724 e. The van der Waals surface area contributed by atoms with E-state index in [4.69, 9.17) is 0 Å². The Balaban J connectivity index is 1.09. The molecular formula is C63H45NS. The van der Waals surface area contributed by atoms with Crippen LogP contribution in [-0.2, 0) is 17.4 Å². The Labute approximate surface area is 386 Å². The average Bonchev–Trinajstić information content (AvgIpc) is 3.69. The first-order valence-electron chi connectivity index (χ1n) is 22.5. The quantitative estimate of drug-likeness (QED) is 0.142. The van der Waals surface area contributed by atoms with E-state index in [-0.39, 0.29) is 0 Å². The lowest BCUT2D eigenvalue weighted by Crippen LogP contribution is -2.34. The number of hydrogen-bond donors (Lipinski definition) is 0. The van der Waals surface area contributed by atoms with E-state index < -0.39 is 10.8 Å². The molecule has 0 radical (unpaired) electrons. The summed E-state index contributed by atoms with van der Waals surface area (Å²) in [7, 11) is 0. The lowest BCUT2D eigenvalue weighted by molar-refractivity contribution is 0.702. The van der Waals surface area contributed by atoms with Gasteiger partial charge in [0.2, 0.25) is 0 Å². The van der Waals surface area contributed by atoms with Gasteiger partial charge in [0.15, 0.2) is 0 Å². The summed E-state index contributed by atoms with van der Waals surface area (Å²) >= 11 is 1.88. The Hall–Kier alpha value is -7.65. The zero-order chi connectivity index (χ0) is 43.2. The molecule has 2 heteroatoms. The first-order chi connectivity index (χ1) is 32.2. The zero-order valence-electron chi connectivity index (χ0n) is 35.9. The van der Waals surface area contributed by atoms with Gasteiger partial charge in [0.05, 0.1) is 10.8 Å². The molecule has 1 heterocycles. The van der Waals surface area contributed by atoms with Crippen LogP contribution in [0.15, 0.2) is 271 Å². The van der Waals surface area contributed by atoms with Crippen molar-refractivity contribution in [2.45, 2.75) is 27.2 Å². The Morgan fingerprint density at radius 1 is 0.308 bits per heavy atom. The summed E-state index contributed by atoms with van der Waals surface area (Å²) in [6.45, 7) is 0.656. The molecule has 308 valence electrons. The minimum absolute atomic E-state index is 0.518. The third kappa shape index (κ3) is 6.24. The van der Waals surface area contributed by atoms with Crippen LogP contribution >= 0.6 is 11.8 Å². The molecular weight excluding hydrogens is 803 g/mol. The summed E-state index contributed by atoms with van der Waals surface area (Å²) < 4.78 is 0. The molecule has 0 atom stereocenters. The van der Waals surface area contributed by atoms with Gasteiger partial charge in [0.1, 0.15) is 0 Å². The van der Waals surface area contributed by atoms with Crippen molar-refractivity contribution >= 4 is 23.1 Å². The molecule has 0 spiro atoms. The van der Waals surface area contributed by atoms with E-state index in [1.54, 1.807) is 0 Å². The van der Waals surface area contributed by atoms with E-state index in [1.807, 2.05) is 11.8 Å². The average molecular weight is 848 g/mol. The third-order valence-corrected chi connectivity index (χ3v) is 14.9. The number of hydrogen-bond acceptors (Lipinski definition) is 2. The number of nitrogens with zero attached hydrogens (tertiary/aromatic N) is 1. The van der Waals surface area contributed by atoms with Gasteiger partial charge in [0.25, 0.3) is 0 Å². The number of fused-ring (bicyclic) bond motifs is 5. The molecule has 12 rings (SSSR count). The van der Waals surface area contributed by atoms with Crippen molar-refractivity contribution in [3.63, 3.8) is 0 Å². The zero-order valence-corrected chi connectivity index (χ0v) is 36.7. The predicted molar refractivity (Wildman–Crippen MR) is 270 cm³/mol. The van der Waals surface area contributed by atoms with Crippen molar-refractivity contribution in [3.05, 3.63) is 311 Å². The van der Waals surface area contributed by atoms with Crippen molar-refractivity contribution < 1.29 is 0 Å². The molecule has 1 aliphatic carbocycles. The first-order valence-corrected chi connectivity index (χ1v) is 23.4. The summed E-state index contributed by atoms with van der Waals surface area (Å²) in [6.07, 6.45) is 0. The third-order valence-electron chi connectivity index (χ3n) is 13.8. The summed E-state index contributed by atoms with van der Waals surface area (Å²) in [6, 6.07) is 96.8. The van der Waals surface area contributed by atoms with Crippen LogP contribution < -0.4 is 4.90 Å². The van der Waals surface area contributed by atoms with E-state index >= 15 is 0 Å². The second kappa shape index (κ2) is 16.2. The van der Waals surface area contributed by atoms with E-state index in [0.29, 0.717) is 6.54 Å². The molecule has 0 fully saturated rings. The van der Waals surface area contributed by atoms with Crippen molar-refractivity contribution in [1.29, 1.82) is 0 Å². The fraction of sp³-hybridized carbons (Fsp3) is 0.0476. The number of para-hydroxylation sites is 1. The second-order valence-electron chi connectivity index (χ2n) is 17.1. The number of benzene rings is 10. The van der Waals surface area contributed by atoms with Crippen LogP contribution in [0.5, 0.6) is 0 Å². The lowest BCUT2D eigenvalue weighted by Gasteiger charge is -2.43. The number of anilines is 2. The molecule has 0 unspecified atom stereocenters. The van der Waals surface area contributed by atoms with Gasteiger partial charge in [-0.2, -0.15) is 0 Å². The maximum absolute atomic E-state index is 2.53. The van der Waals surface area contributed by atoms with Gasteiger partial charge in [-0.05, 0) is 115 Å². The molecule has 65 heavy (non-hydrogen) atoms. The Morgan fingerprint density at radius 2 is 0.754 bits per heavy atom. The summed E-state index contributed by atoms with van der Waals surface area (Å²) in [5, 5.41) is 0. The molecule has 10 aromatic rings. The minimum Gasteiger partial charge on any atom is -0.337 e.